The van der Waals surface area contributed by atoms with Crippen molar-refractivity contribution in [1.29, 1.82) is 0 Å². The van der Waals surface area contributed by atoms with Gasteiger partial charge in [0.2, 0.25) is 0 Å². The number of carboxylic acid groups (broad SMARTS) is 1. The van der Waals surface area contributed by atoms with Gasteiger partial charge in [0.25, 0.3) is 0 Å². The summed E-state index contributed by atoms with van der Waals surface area (Å²) in [4.78, 5) is 22.5. The zero-order valence-corrected chi connectivity index (χ0v) is 15.2. The van der Waals surface area contributed by atoms with Crippen LogP contribution in [0.3, 0.4) is 0 Å². The van der Waals surface area contributed by atoms with Crippen LogP contribution in [0.1, 0.15) is 31.4 Å². The number of carbonyl (C=O) groups is 2. The van der Waals surface area contributed by atoms with Gasteiger partial charge in [-0.05, 0) is 56.0 Å². The highest BCUT2D eigenvalue weighted by molar-refractivity contribution is 5.85. The van der Waals surface area contributed by atoms with Gasteiger partial charge in [0.1, 0.15) is 11.4 Å². The molecule has 3 N–H and O–H groups in total. The van der Waals surface area contributed by atoms with Gasteiger partial charge in [0.15, 0.2) is 0 Å². The van der Waals surface area contributed by atoms with Crippen LogP contribution < -0.4 is 10.5 Å². The fraction of sp³-hybridized carbons (Fsp3) is 0.474. The molecule has 1 aromatic rings. The summed E-state index contributed by atoms with van der Waals surface area (Å²) in [6.45, 7) is 6.65. The second kappa shape index (κ2) is 8.71. The molecule has 0 spiro atoms. The number of primary amides is 1. The Hall–Kier alpha value is -2.54. The Kier molecular flexibility index (Phi) is 6.63. The third-order valence-corrected chi connectivity index (χ3v) is 4.21. The second-order valence-electron chi connectivity index (χ2n) is 6.84. The minimum atomic E-state index is -0.930. The third-order valence-electron chi connectivity index (χ3n) is 4.21. The fourth-order valence-electron chi connectivity index (χ4n) is 2.73. The Morgan fingerprint density at radius 3 is 2.54 bits per heavy atom. The van der Waals surface area contributed by atoms with Crippen molar-refractivity contribution in [3.8, 4) is 5.75 Å². The molecule has 2 aliphatic heterocycles. The van der Waals surface area contributed by atoms with Crippen molar-refractivity contribution in [2.75, 3.05) is 26.3 Å². The maximum absolute atomic E-state index is 10.4. The molecule has 26 heavy (non-hydrogen) atoms. The number of nitrogens with two attached hydrogens (primary N) is 1. The predicted molar refractivity (Wildman–Crippen MR) is 98.1 cm³/mol. The van der Waals surface area contributed by atoms with Gasteiger partial charge >= 0.3 is 12.0 Å². The van der Waals surface area contributed by atoms with Crippen molar-refractivity contribution in [2.45, 2.75) is 32.3 Å². The molecule has 2 aliphatic rings. The van der Waals surface area contributed by atoms with E-state index in [-0.39, 0.29) is 11.6 Å². The molecule has 7 nitrogen and oxygen atoms in total. The van der Waals surface area contributed by atoms with Gasteiger partial charge in [-0.3, -0.25) is 0 Å². The number of amides is 2. The van der Waals surface area contributed by atoms with Gasteiger partial charge in [0.05, 0.1) is 13.2 Å². The molecule has 7 heteroatoms. The molecule has 142 valence electrons. The number of benzene rings is 1. The second-order valence-corrected chi connectivity index (χ2v) is 6.84. The molecule has 1 aromatic carbocycles. The van der Waals surface area contributed by atoms with Crippen LogP contribution in [0, 0.1) is 0 Å². The number of fused-ring (bicyclic) bond motifs is 1. The van der Waals surface area contributed by atoms with Crippen molar-refractivity contribution in [3.05, 3.63) is 35.4 Å². The van der Waals surface area contributed by atoms with E-state index in [1.165, 1.54) is 0 Å². The summed E-state index contributed by atoms with van der Waals surface area (Å²) in [5.74, 6) is -0.0196. The van der Waals surface area contributed by atoms with Crippen molar-refractivity contribution < 1.29 is 24.2 Å². The van der Waals surface area contributed by atoms with Crippen molar-refractivity contribution in [3.63, 3.8) is 0 Å². The van der Waals surface area contributed by atoms with Crippen LogP contribution >= 0.6 is 0 Å². The molecule has 1 saturated heterocycles. The van der Waals surface area contributed by atoms with E-state index in [2.05, 4.69) is 13.8 Å². The normalized spacial score (nSPS) is 18.3. The molecular formula is C19H26N2O5. The average Bonchev–Trinajstić information content (AvgIpc) is 2.60. The molecule has 3 rings (SSSR count). The smallest absolute Gasteiger partial charge is 0.328 e. The van der Waals surface area contributed by atoms with Crippen LogP contribution in [-0.2, 0) is 16.0 Å². The summed E-state index contributed by atoms with van der Waals surface area (Å²) >= 11 is 0. The number of hydrogen-bond donors (Lipinski definition) is 2. The Morgan fingerprint density at radius 1 is 1.27 bits per heavy atom. The summed E-state index contributed by atoms with van der Waals surface area (Å²) in [5.41, 5.74) is 6.94. The molecule has 0 bridgehead atoms. The maximum Gasteiger partial charge on any atom is 0.328 e. The van der Waals surface area contributed by atoms with Crippen molar-refractivity contribution in [2.24, 2.45) is 5.73 Å². The van der Waals surface area contributed by atoms with Crippen LogP contribution in [0.5, 0.6) is 5.75 Å². The lowest BCUT2D eigenvalue weighted by molar-refractivity contribution is -0.131. The molecule has 2 amide bonds. The number of carboxylic acids is 1. The number of aryl methyl sites for hydroxylation is 1. The summed E-state index contributed by atoms with van der Waals surface area (Å²) in [5, 5.41) is 8.57. The van der Waals surface area contributed by atoms with Gasteiger partial charge in [-0.2, -0.15) is 0 Å². The Bertz CT molecular complexity index is 679. The first-order valence-corrected chi connectivity index (χ1v) is 8.62. The monoisotopic (exact) mass is 362 g/mol. The van der Waals surface area contributed by atoms with Gasteiger partial charge in [0, 0.05) is 19.2 Å². The number of hydrogen-bond acceptors (Lipinski definition) is 4. The zero-order chi connectivity index (χ0) is 19.2. The van der Waals surface area contributed by atoms with E-state index >= 15 is 0 Å². The highest BCUT2D eigenvalue weighted by Gasteiger charge is 2.26. The standard InChI is InChI=1S/C14H16O3.C5H10N2O2/c1-14(2)8-7-11-9-10(4-6-13(15)16)3-5-12(11)17-14;6-5(8)7-1-3-9-4-2-7/h3-6,9H,7-8H2,1-2H3,(H,15,16);1-4H2,(H2,6,8)/b6-4+;. The number of morpholine rings is 1. The van der Waals surface area contributed by atoms with Crippen LogP contribution in [0.15, 0.2) is 24.3 Å². The van der Waals surface area contributed by atoms with Gasteiger partial charge in [-0.1, -0.05) is 6.07 Å². The van der Waals surface area contributed by atoms with Crippen LogP contribution in [-0.4, -0.2) is 53.9 Å². The first-order chi connectivity index (χ1) is 12.3. The Morgan fingerprint density at radius 2 is 1.96 bits per heavy atom. The lowest BCUT2D eigenvalue weighted by Gasteiger charge is -2.32. The maximum atomic E-state index is 10.4. The topological polar surface area (TPSA) is 102 Å². The lowest BCUT2D eigenvalue weighted by Crippen LogP contribution is -2.43. The van der Waals surface area contributed by atoms with Gasteiger partial charge in [-0.25, -0.2) is 9.59 Å². The van der Waals surface area contributed by atoms with Crippen LogP contribution in [0.25, 0.3) is 6.08 Å². The quantitative estimate of drug-likeness (QED) is 0.786. The molecular weight excluding hydrogens is 336 g/mol. The summed E-state index contributed by atoms with van der Waals surface area (Å²) < 4.78 is 10.9. The summed E-state index contributed by atoms with van der Waals surface area (Å²) in [6, 6.07) is 5.43. The zero-order valence-electron chi connectivity index (χ0n) is 15.2. The largest absolute Gasteiger partial charge is 0.488 e. The predicted octanol–water partition coefficient (Wildman–Crippen LogP) is 2.29. The number of aliphatic carboxylic acids is 1. The van der Waals surface area contributed by atoms with E-state index in [9.17, 15) is 9.59 Å². The van der Waals surface area contributed by atoms with E-state index in [0.717, 1.165) is 35.8 Å². The number of ether oxygens (including phenoxy) is 2. The highest BCUT2D eigenvalue weighted by atomic mass is 16.5. The molecule has 2 heterocycles. The van der Waals surface area contributed by atoms with Gasteiger partial charge < -0.3 is 25.2 Å². The molecule has 0 saturated carbocycles. The first-order valence-electron chi connectivity index (χ1n) is 8.62. The molecule has 0 aliphatic carbocycles. The SMILES string of the molecule is CC1(C)CCc2cc(/C=C/C(=O)O)ccc2O1.NC(=O)N1CCOCC1. The minimum absolute atomic E-state index is 0.106. The van der Waals surface area contributed by atoms with Crippen molar-refractivity contribution >= 4 is 18.1 Å². The number of rotatable bonds is 2. The molecule has 0 atom stereocenters. The van der Waals surface area contributed by atoms with Gasteiger partial charge in [-0.15, -0.1) is 0 Å². The summed E-state index contributed by atoms with van der Waals surface area (Å²) in [6.07, 6.45) is 4.70. The number of carbonyl (C=O) groups excluding carboxylic acids is 1. The molecule has 0 unspecified atom stereocenters. The Balaban J connectivity index is 0.000000228. The van der Waals surface area contributed by atoms with E-state index in [0.29, 0.717) is 26.3 Å². The minimum Gasteiger partial charge on any atom is -0.488 e. The average molecular weight is 362 g/mol. The fourth-order valence-corrected chi connectivity index (χ4v) is 2.73. The third kappa shape index (κ3) is 6.07. The number of nitrogens with zero attached hydrogens (tertiary/aromatic N) is 1. The first kappa shape index (κ1) is 19.8. The molecule has 1 fully saturated rings. The highest BCUT2D eigenvalue weighted by Crippen LogP contribution is 2.33. The van der Waals surface area contributed by atoms with Crippen molar-refractivity contribution in [1.82, 2.24) is 4.90 Å². The van der Waals surface area contributed by atoms with E-state index in [4.69, 9.17) is 20.3 Å². The van der Waals surface area contributed by atoms with E-state index in [1.54, 1.807) is 11.0 Å². The van der Waals surface area contributed by atoms with Crippen LogP contribution in [0.4, 0.5) is 4.79 Å². The van der Waals surface area contributed by atoms with E-state index in [1.807, 2.05) is 18.2 Å². The van der Waals surface area contributed by atoms with Crippen LogP contribution in [0.2, 0.25) is 0 Å². The lowest BCUT2D eigenvalue weighted by atomic mass is 9.93. The molecule has 0 radical (unpaired) electrons. The number of urea groups is 1. The van der Waals surface area contributed by atoms with E-state index < -0.39 is 5.97 Å². The molecule has 0 aromatic heterocycles. The Labute approximate surface area is 153 Å². The summed E-state index contributed by atoms with van der Waals surface area (Å²) in [7, 11) is 0.